The quantitative estimate of drug-likeness (QED) is 0.731. The lowest BCUT2D eigenvalue weighted by Gasteiger charge is -2.29. The molecule has 1 fully saturated rings. The van der Waals surface area contributed by atoms with E-state index in [0.717, 1.165) is 32.4 Å². The number of carboxylic acids is 1. The van der Waals surface area contributed by atoms with Crippen LogP contribution >= 0.6 is 0 Å². The van der Waals surface area contributed by atoms with E-state index in [-0.39, 0.29) is 0 Å². The Morgan fingerprint density at radius 3 is 2.57 bits per heavy atom. The van der Waals surface area contributed by atoms with E-state index < -0.39 is 11.5 Å². The molecule has 1 aromatic rings. The van der Waals surface area contributed by atoms with Crippen molar-refractivity contribution in [1.82, 2.24) is 10.2 Å². The SMILES string of the molecule is CN(CCc1ccccc1)CCC(C)(NC1CC1)C(=O)O. The van der Waals surface area contributed by atoms with Crippen molar-refractivity contribution in [3.8, 4) is 0 Å². The zero-order chi connectivity index (χ0) is 15.3. The topological polar surface area (TPSA) is 52.6 Å². The maximum absolute atomic E-state index is 11.5. The fraction of sp³-hybridized carbons (Fsp3) is 0.588. The number of carboxylic acid groups (broad SMARTS) is 1. The third-order valence-electron chi connectivity index (χ3n) is 4.19. The van der Waals surface area contributed by atoms with Gasteiger partial charge in [-0.15, -0.1) is 0 Å². The van der Waals surface area contributed by atoms with E-state index in [1.54, 1.807) is 6.92 Å². The lowest BCUT2D eigenvalue weighted by atomic mass is 9.97. The molecular weight excluding hydrogens is 264 g/mol. The molecule has 1 atom stereocenters. The molecule has 21 heavy (non-hydrogen) atoms. The first-order valence-corrected chi connectivity index (χ1v) is 7.73. The van der Waals surface area contributed by atoms with E-state index in [4.69, 9.17) is 0 Å². The molecule has 0 bridgehead atoms. The Hall–Kier alpha value is -1.39. The Kier molecular flexibility index (Phi) is 5.37. The fourth-order valence-corrected chi connectivity index (χ4v) is 2.41. The van der Waals surface area contributed by atoms with Crippen LogP contribution in [-0.2, 0) is 11.2 Å². The van der Waals surface area contributed by atoms with Gasteiger partial charge in [-0.2, -0.15) is 0 Å². The summed E-state index contributed by atoms with van der Waals surface area (Å²) in [4.78, 5) is 13.7. The normalized spacial score (nSPS) is 17.7. The molecule has 1 saturated carbocycles. The van der Waals surface area contributed by atoms with Crippen LogP contribution in [0.3, 0.4) is 0 Å². The second-order valence-corrected chi connectivity index (χ2v) is 6.34. The van der Waals surface area contributed by atoms with Gasteiger partial charge in [-0.05, 0) is 45.2 Å². The van der Waals surface area contributed by atoms with E-state index in [1.807, 2.05) is 6.07 Å². The average Bonchev–Trinajstić information content (AvgIpc) is 3.27. The average molecular weight is 290 g/mol. The van der Waals surface area contributed by atoms with Crippen LogP contribution in [0.4, 0.5) is 0 Å². The van der Waals surface area contributed by atoms with E-state index >= 15 is 0 Å². The van der Waals surface area contributed by atoms with Gasteiger partial charge in [0.15, 0.2) is 0 Å². The number of likely N-dealkylation sites (N-methyl/N-ethyl adjacent to an activating group) is 1. The number of rotatable bonds is 9. The zero-order valence-corrected chi connectivity index (χ0v) is 13.0. The third kappa shape index (κ3) is 5.14. The van der Waals surface area contributed by atoms with Gasteiger partial charge in [0, 0.05) is 19.1 Å². The molecule has 0 radical (unpaired) electrons. The summed E-state index contributed by atoms with van der Waals surface area (Å²) in [6.45, 7) is 3.54. The number of aliphatic carboxylic acids is 1. The largest absolute Gasteiger partial charge is 0.480 e. The molecule has 0 aromatic heterocycles. The summed E-state index contributed by atoms with van der Waals surface area (Å²) in [7, 11) is 2.06. The summed E-state index contributed by atoms with van der Waals surface area (Å²) < 4.78 is 0. The third-order valence-corrected chi connectivity index (χ3v) is 4.19. The maximum Gasteiger partial charge on any atom is 0.323 e. The minimum absolute atomic E-state index is 0.403. The van der Waals surface area contributed by atoms with Gasteiger partial charge in [0.05, 0.1) is 0 Å². The standard InChI is InChI=1S/C17H26N2O2/c1-17(16(20)21,18-15-8-9-15)11-13-19(2)12-10-14-6-4-3-5-7-14/h3-7,15,18H,8-13H2,1-2H3,(H,20,21). The van der Waals surface area contributed by atoms with Crippen molar-refractivity contribution in [2.75, 3.05) is 20.1 Å². The predicted octanol–water partition coefficient (Wildman–Crippen LogP) is 2.15. The summed E-state index contributed by atoms with van der Waals surface area (Å²) >= 11 is 0. The molecule has 1 aliphatic carbocycles. The van der Waals surface area contributed by atoms with Gasteiger partial charge in [0.25, 0.3) is 0 Å². The number of nitrogens with one attached hydrogen (secondary N) is 1. The minimum Gasteiger partial charge on any atom is -0.480 e. The van der Waals surface area contributed by atoms with E-state index in [0.29, 0.717) is 12.5 Å². The molecule has 4 heteroatoms. The number of benzene rings is 1. The molecule has 116 valence electrons. The number of nitrogens with zero attached hydrogens (tertiary/aromatic N) is 1. The monoisotopic (exact) mass is 290 g/mol. The summed E-state index contributed by atoms with van der Waals surface area (Å²) in [5, 5.41) is 12.7. The van der Waals surface area contributed by atoms with Crippen molar-refractivity contribution in [2.24, 2.45) is 0 Å². The van der Waals surface area contributed by atoms with Crippen molar-refractivity contribution < 1.29 is 9.90 Å². The van der Waals surface area contributed by atoms with Gasteiger partial charge in [-0.25, -0.2) is 0 Å². The van der Waals surface area contributed by atoms with E-state index in [2.05, 4.69) is 41.5 Å². The van der Waals surface area contributed by atoms with Gasteiger partial charge < -0.3 is 10.0 Å². The Bertz CT molecular complexity index is 459. The predicted molar refractivity (Wildman–Crippen MR) is 84.5 cm³/mol. The lowest BCUT2D eigenvalue weighted by Crippen LogP contribution is -2.52. The molecular formula is C17H26N2O2. The molecule has 1 unspecified atom stereocenters. The molecule has 0 amide bonds. The van der Waals surface area contributed by atoms with Crippen molar-refractivity contribution >= 4 is 5.97 Å². The van der Waals surface area contributed by atoms with Crippen LogP contribution in [0.5, 0.6) is 0 Å². The molecule has 4 nitrogen and oxygen atoms in total. The highest BCUT2D eigenvalue weighted by atomic mass is 16.4. The van der Waals surface area contributed by atoms with Crippen LogP contribution in [0.25, 0.3) is 0 Å². The summed E-state index contributed by atoms with van der Waals surface area (Å²) in [5.74, 6) is -0.745. The van der Waals surface area contributed by atoms with Gasteiger partial charge >= 0.3 is 5.97 Å². The molecule has 0 spiro atoms. The van der Waals surface area contributed by atoms with Crippen LogP contribution in [-0.4, -0.2) is 47.7 Å². The Morgan fingerprint density at radius 2 is 2.00 bits per heavy atom. The van der Waals surface area contributed by atoms with Gasteiger partial charge in [-0.3, -0.25) is 10.1 Å². The summed E-state index contributed by atoms with van der Waals surface area (Å²) in [6, 6.07) is 10.8. The van der Waals surface area contributed by atoms with Crippen LogP contribution in [0.2, 0.25) is 0 Å². The smallest absolute Gasteiger partial charge is 0.323 e. The first-order chi connectivity index (χ1) is 9.99. The van der Waals surface area contributed by atoms with Crippen molar-refractivity contribution in [3.63, 3.8) is 0 Å². The van der Waals surface area contributed by atoms with Gasteiger partial charge in [0.1, 0.15) is 5.54 Å². The molecule has 2 N–H and O–H groups in total. The highest BCUT2D eigenvalue weighted by molar-refractivity contribution is 5.78. The minimum atomic E-state index is -0.803. The highest BCUT2D eigenvalue weighted by Crippen LogP contribution is 2.24. The molecule has 1 aliphatic rings. The van der Waals surface area contributed by atoms with Crippen molar-refractivity contribution in [3.05, 3.63) is 35.9 Å². The van der Waals surface area contributed by atoms with Crippen LogP contribution in [0, 0.1) is 0 Å². The Morgan fingerprint density at radius 1 is 1.33 bits per heavy atom. The zero-order valence-electron chi connectivity index (χ0n) is 13.0. The second-order valence-electron chi connectivity index (χ2n) is 6.34. The number of hydrogen-bond acceptors (Lipinski definition) is 3. The molecule has 0 aliphatic heterocycles. The molecule has 0 saturated heterocycles. The lowest BCUT2D eigenvalue weighted by molar-refractivity contribution is -0.144. The summed E-state index contributed by atoms with van der Waals surface area (Å²) in [6.07, 6.45) is 3.83. The molecule has 2 rings (SSSR count). The molecule has 1 aromatic carbocycles. The van der Waals surface area contributed by atoms with Gasteiger partial charge in [0.2, 0.25) is 0 Å². The first kappa shape index (κ1) is 16.0. The van der Waals surface area contributed by atoms with Crippen LogP contribution < -0.4 is 5.32 Å². The Labute approximate surface area is 127 Å². The Balaban J connectivity index is 1.76. The molecule has 0 heterocycles. The van der Waals surface area contributed by atoms with Gasteiger partial charge in [-0.1, -0.05) is 30.3 Å². The highest BCUT2D eigenvalue weighted by Gasteiger charge is 2.38. The van der Waals surface area contributed by atoms with E-state index in [9.17, 15) is 9.90 Å². The van der Waals surface area contributed by atoms with Crippen molar-refractivity contribution in [2.45, 2.75) is 44.2 Å². The summed E-state index contributed by atoms with van der Waals surface area (Å²) in [5.41, 5.74) is 0.517. The first-order valence-electron chi connectivity index (χ1n) is 7.73. The van der Waals surface area contributed by atoms with Crippen molar-refractivity contribution in [1.29, 1.82) is 0 Å². The van der Waals surface area contributed by atoms with Crippen LogP contribution in [0.1, 0.15) is 31.7 Å². The number of hydrogen-bond donors (Lipinski definition) is 2. The second kappa shape index (κ2) is 7.05. The number of carbonyl (C=O) groups is 1. The van der Waals surface area contributed by atoms with Crippen LogP contribution in [0.15, 0.2) is 30.3 Å². The fourth-order valence-electron chi connectivity index (χ4n) is 2.41. The maximum atomic E-state index is 11.5. The van der Waals surface area contributed by atoms with E-state index in [1.165, 1.54) is 5.56 Å².